The number of aryl methyl sites for hydroxylation is 1. The van der Waals surface area contributed by atoms with Gasteiger partial charge in [0.25, 0.3) is 0 Å². The van der Waals surface area contributed by atoms with Gasteiger partial charge < -0.3 is 14.0 Å². The summed E-state index contributed by atoms with van der Waals surface area (Å²) in [4.78, 5) is 9.76. The first-order valence-corrected chi connectivity index (χ1v) is 22.5. The Morgan fingerprint density at radius 3 is 2.08 bits per heavy atom. The second kappa shape index (κ2) is 18.0. The molecule has 0 fully saturated rings. The molecule has 0 saturated carbocycles. The predicted molar refractivity (Wildman–Crippen MR) is 273 cm³/mol. The average Bonchev–Trinajstić information content (AvgIpc) is 3.91. The molecule has 5 heteroatoms. The van der Waals surface area contributed by atoms with Crippen LogP contribution < -0.4 is 0 Å². The number of rotatable bonds is 6. The van der Waals surface area contributed by atoms with E-state index in [-0.39, 0.29) is 42.9 Å². The number of pyridine rings is 1. The number of fused-ring (bicyclic) bond motifs is 7. The van der Waals surface area contributed by atoms with E-state index in [9.17, 15) is 0 Å². The first-order chi connectivity index (χ1) is 32.7. The van der Waals surface area contributed by atoms with Gasteiger partial charge in [0.2, 0.25) is 0 Å². The molecule has 0 atom stereocenters. The maximum Gasteiger partial charge on any atom is 0.121 e. The molecule has 0 saturated heterocycles. The summed E-state index contributed by atoms with van der Waals surface area (Å²) in [7, 11) is 0. The molecule has 0 aliphatic carbocycles. The van der Waals surface area contributed by atoms with Crippen LogP contribution in [0.2, 0.25) is 0 Å². The van der Waals surface area contributed by atoms with Crippen molar-refractivity contribution in [1.29, 1.82) is 0 Å². The van der Waals surface area contributed by atoms with Gasteiger partial charge in [-0.1, -0.05) is 157 Å². The topological polar surface area (TPSA) is 43.9 Å². The minimum atomic E-state index is -2.38. The normalized spacial score (nSPS) is 12.7. The molecule has 329 valence electrons. The third-order valence-corrected chi connectivity index (χ3v) is 12.6. The van der Waals surface area contributed by atoms with Crippen molar-refractivity contribution in [2.45, 2.75) is 72.6 Å². The van der Waals surface area contributed by atoms with E-state index < -0.39 is 6.85 Å². The molecule has 11 aromatic rings. The fourth-order valence-corrected chi connectivity index (χ4v) is 9.07. The van der Waals surface area contributed by atoms with E-state index >= 15 is 0 Å². The molecule has 0 aliphatic heterocycles. The van der Waals surface area contributed by atoms with Crippen molar-refractivity contribution >= 4 is 54.5 Å². The Balaban J connectivity index is 0.000000296. The summed E-state index contributed by atoms with van der Waals surface area (Å²) < 4.78 is 34.8. The van der Waals surface area contributed by atoms with E-state index in [2.05, 4.69) is 161 Å². The third-order valence-electron chi connectivity index (χ3n) is 12.6. The number of benzene rings is 8. The summed E-state index contributed by atoms with van der Waals surface area (Å²) in [6, 6.07) is 60.3. The van der Waals surface area contributed by atoms with Crippen molar-refractivity contribution in [2.24, 2.45) is 0 Å². The summed E-state index contributed by atoms with van der Waals surface area (Å²) in [5, 5.41) is 5.67. The fourth-order valence-electron chi connectivity index (χ4n) is 9.07. The van der Waals surface area contributed by atoms with Gasteiger partial charge in [-0.3, -0.25) is 4.98 Å². The Bertz CT molecular complexity index is 3610. The Morgan fingerprint density at radius 1 is 0.667 bits per heavy atom. The van der Waals surface area contributed by atoms with Crippen LogP contribution >= 0.6 is 0 Å². The van der Waals surface area contributed by atoms with E-state index in [1.807, 2.05) is 66.9 Å². The zero-order chi connectivity index (χ0) is 47.5. The average molecular weight is 1040 g/mol. The first kappa shape index (κ1) is 40.8. The van der Waals surface area contributed by atoms with E-state index in [4.69, 9.17) is 13.5 Å². The van der Waals surface area contributed by atoms with Crippen LogP contribution in [-0.2, 0) is 25.5 Å². The molecule has 66 heavy (non-hydrogen) atoms. The maximum absolute atomic E-state index is 8.57. The molecule has 11 rings (SSSR count). The van der Waals surface area contributed by atoms with Gasteiger partial charge in [-0.15, -0.1) is 53.6 Å². The molecule has 8 aromatic carbocycles. The van der Waals surface area contributed by atoms with Gasteiger partial charge in [-0.05, 0) is 109 Å². The van der Waals surface area contributed by atoms with Crippen LogP contribution in [0, 0.1) is 19.0 Å². The minimum absolute atomic E-state index is 0. The molecule has 0 N–H and O–H groups in total. The molecule has 1 radical (unpaired) electrons. The van der Waals surface area contributed by atoms with Crippen LogP contribution in [-0.4, -0.2) is 14.5 Å². The monoisotopic (exact) mass is 1040 g/mol. The summed E-state index contributed by atoms with van der Waals surface area (Å²) in [6.07, 6.45) is 1.95. The number of furan rings is 1. The number of nitrogens with zero attached hydrogens (tertiary/aromatic N) is 3. The van der Waals surface area contributed by atoms with E-state index in [0.717, 1.165) is 54.9 Å². The van der Waals surface area contributed by atoms with Gasteiger partial charge in [-0.25, -0.2) is 0 Å². The van der Waals surface area contributed by atoms with Gasteiger partial charge in [0.1, 0.15) is 5.58 Å². The molecular formula is C61H53IrN3O-2. The summed E-state index contributed by atoms with van der Waals surface area (Å²) in [5.41, 5.74) is 13.0. The summed E-state index contributed by atoms with van der Waals surface area (Å²) >= 11 is 0. The number of aromatic nitrogens is 3. The second-order valence-corrected chi connectivity index (χ2v) is 18.6. The van der Waals surface area contributed by atoms with Crippen LogP contribution in [0.1, 0.15) is 86.7 Å². The van der Waals surface area contributed by atoms with Crippen LogP contribution in [0.15, 0.2) is 168 Å². The van der Waals surface area contributed by atoms with Crippen molar-refractivity contribution in [1.82, 2.24) is 14.5 Å². The fraction of sp³-hybridized carbons (Fsp3) is 0.180. The van der Waals surface area contributed by atoms with E-state index in [1.54, 1.807) is 6.07 Å². The molecule has 3 aromatic heterocycles. The number of imidazole rings is 1. The van der Waals surface area contributed by atoms with Gasteiger partial charge in [0, 0.05) is 41.5 Å². The van der Waals surface area contributed by atoms with Crippen molar-refractivity contribution in [3.63, 3.8) is 0 Å². The number of para-hydroxylation sites is 2. The smallest absolute Gasteiger partial charge is 0.121 e. The zero-order valence-electron chi connectivity index (χ0n) is 41.3. The van der Waals surface area contributed by atoms with Gasteiger partial charge in [0.05, 0.1) is 22.4 Å². The van der Waals surface area contributed by atoms with Crippen molar-refractivity contribution in [2.75, 3.05) is 0 Å². The SMILES string of the molecule is CC(C)(C)c1ccc(-c2[c-]cccc2)nc1.[2H]C([2H])([2H])c1c[c-]c(-c2nc3ccccc3n2-c2c(C(C)C)cc(-c3ccccc3)cc2C(C)C)c2oc3cc4c(ccc5ccccc54)cc3c12.[Ir]. The van der Waals surface area contributed by atoms with E-state index in [0.29, 0.717) is 27.9 Å². The molecule has 3 heterocycles. The first-order valence-electron chi connectivity index (χ1n) is 24.0. The van der Waals surface area contributed by atoms with E-state index in [1.165, 1.54) is 27.8 Å². The van der Waals surface area contributed by atoms with Crippen molar-refractivity contribution in [3.8, 4) is 39.5 Å². The van der Waals surface area contributed by atoms with Crippen LogP contribution in [0.25, 0.3) is 94.0 Å². The molecule has 0 aliphatic rings. The van der Waals surface area contributed by atoms with Gasteiger partial charge >= 0.3 is 0 Å². The maximum atomic E-state index is 8.57. The summed E-state index contributed by atoms with van der Waals surface area (Å²) in [6.45, 7) is 13.1. The standard InChI is InChI=1S/C46H37N2O.C15H16N.Ir/c1-27(2)36-24-33(30-13-7-6-8-14-30)25-37(28(3)4)44(36)48-41-18-12-11-17-40(41)47-46(48)35-22-19-29(5)43-39-23-32-21-20-31-15-9-10-16-34(31)38(32)26-42(39)49-45(35)43;1-15(2,3)13-9-10-14(16-11-13)12-7-5-4-6-8-12;/h6-21,23-28H,1-5H3;4-7,9-11H,1-3H3;/q2*-1;/i5D3;;. The molecule has 0 bridgehead atoms. The molecular weight excluding hydrogens is 983 g/mol. The number of hydrogen-bond donors (Lipinski definition) is 0. The molecule has 4 nitrogen and oxygen atoms in total. The Kier molecular flexibility index (Phi) is 11.1. The van der Waals surface area contributed by atoms with Crippen LogP contribution in [0.3, 0.4) is 0 Å². The molecule has 0 amide bonds. The van der Waals surface area contributed by atoms with Crippen molar-refractivity contribution in [3.05, 3.63) is 198 Å². The van der Waals surface area contributed by atoms with Crippen LogP contribution in [0.4, 0.5) is 0 Å². The van der Waals surface area contributed by atoms with Crippen LogP contribution in [0.5, 0.6) is 0 Å². The molecule has 0 unspecified atom stereocenters. The van der Waals surface area contributed by atoms with Crippen molar-refractivity contribution < 1.29 is 28.6 Å². The zero-order valence-corrected chi connectivity index (χ0v) is 40.7. The van der Waals surface area contributed by atoms with Gasteiger partial charge in [-0.2, -0.15) is 0 Å². The largest absolute Gasteiger partial charge is 0.501 e. The Morgan fingerprint density at radius 2 is 1.38 bits per heavy atom. The van der Waals surface area contributed by atoms with Gasteiger partial charge in [0.15, 0.2) is 0 Å². The Labute approximate surface area is 405 Å². The quantitative estimate of drug-likeness (QED) is 0.123. The molecule has 0 spiro atoms. The second-order valence-electron chi connectivity index (χ2n) is 18.6. The number of hydrogen-bond acceptors (Lipinski definition) is 3. The Hall–Kier alpha value is -6.65. The summed E-state index contributed by atoms with van der Waals surface area (Å²) in [5.74, 6) is 1.05. The minimum Gasteiger partial charge on any atom is -0.501 e. The third kappa shape index (κ3) is 8.16. The predicted octanol–water partition coefficient (Wildman–Crippen LogP) is 16.8.